The fourth-order valence-electron chi connectivity index (χ4n) is 2.08. The maximum absolute atomic E-state index is 3.67. The minimum Gasteiger partial charge on any atom is -0.313 e. The first-order valence-electron chi connectivity index (χ1n) is 6.32. The third kappa shape index (κ3) is 3.64. The SMILES string of the molecule is CC(C)(C)CNC1CC1Cc1ccccc1. The Kier molecular flexibility index (Phi) is 3.34. The van der Waals surface area contributed by atoms with Gasteiger partial charge in [-0.15, -0.1) is 0 Å². The van der Waals surface area contributed by atoms with Gasteiger partial charge in [0.2, 0.25) is 0 Å². The summed E-state index contributed by atoms with van der Waals surface area (Å²) in [5.74, 6) is 0.866. The van der Waals surface area contributed by atoms with Crippen molar-refractivity contribution in [3.8, 4) is 0 Å². The number of rotatable bonds is 4. The number of hydrogen-bond donors (Lipinski definition) is 1. The molecule has 0 amide bonds. The van der Waals surface area contributed by atoms with Crippen LogP contribution in [0.15, 0.2) is 30.3 Å². The molecule has 2 atom stereocenters. The largest absolute Gasteiger partial charge is 0.313 e. The van der Waals surface area contributed by atoms with Gasteiger partial charge in [0.15, 0.2) is 0 Å². The Bertz CT molecular complexity index is 323. The third-order valence-corrected chi connectivity index (χ3v) is 3.16. The van der Waals surface area contributed by atoms with Crippen LogP contribution >= 0.6 is 0 Å². The van der Waals surface area contributed by atoms with Crippen molar-refractivity contribution in [2.75, 3.05) is 6.54 Å². The molecule has 1 N–H and O–H groups in total. The van der Waals surface area contributed by atoms with Gasteiger partial charge in [0.25, 0.3) is 0 Å². The molecule has 88 valence electrons. The van der Waals surface area contributed by atoms with Crippen LogP contribution in [-0.4, -0.2) is 12.6 Å². The molecule has 0 heterocycles. The van der Waals surface area contributed by atoms with E-state index < -0.39 is 0 Å². The van der Waals surface area contributed by atoms with Crippen LogP contribution in [0.4, 0.5) is 0 Å². The van der Waals surface area contributed by atoms with E-state index in [1.54, 1.807) is 0 Å². The van der Waals surface area contributed by atoms with Crippen molar-refractivity contribution in [2.24, 2.45) is 11.3 Å². The van der Waals surface area contributed by atoms with Crippen LogP contribution in [0, 0.1) is 11.3 Å². The molecule has 1 aliphatic rings. The highest BCUT2D eigenvalue weighted by Gasteiger charge is 2.36. The van der Waals surface area contributed by atoms with Crippen LogP contribution in [0.25, 0.3) is 0 Å². The summed E-state index contributed by atoms with van der Waals surface area (Å²) in [4.78, 5) is 0. The monoisotopic (exact) mass is 217 g/mol. The lowest BCUT2D eigenvalue weighted by Gasteiger charge is -2.18. The normalized spacial score (nSPS) is 24.4. The van der Waals surface area contributed by atoms with Crippen molar-refractivity contribution in [3.63, 3.8) is 0 Å². The van der Waals surface area contributed by atoms with E-state index in [0.29, 0.717) is 5.41 Å². The van der Waals surface area contributed by atoms with Crippen molar-refractivity contribution >= 4 is 0 Å². The highest BCUT2D eigenvalue weighted by molar-refractivity contribution is 5.17. The molecule has 1 nitrogen and oxygen atoms in total. The lowest BCUT2D eigenvalue weighted by atomic mass is 9.97. The van der Waals surface area contributed by atoms with E-state index >= 15 is 0 Å². The molecule has 1 aromatic rings. The Morgan fingerprint density at radius 1 is 1.19 bits per heavy atom. The molecule has 2 unspecified atom stereocenters. The Balaban J connectivity index is 1.72. The Labute approximate surface area is 99.3 Å². The molecule has 1 saturated carbocycles. The molecule has 0 spiro atoms. The summed E-state index contributed by atoms with van der Waals surface area (Å²) in [5.41, 5.74) is 1.88. The van der Waals surface area contributed by atoms with E-state index in [4.69, 9.17) is 0 Å². The van der Waals surface area contributed by atoms with Crippen molar-refractivity contribution < 1.29 is 0 Å². The zero-order valence-electron chi connectivity index (χ0n) is 10.7. The van der Waals surface area contributed by atoms with E-state index in [-0.39, 0.29) is 0 Å². The maximum Gasteiger partial charge on any atom is 0.0103 e. The quantitative estimate of drug-likeness (QED) is 0.816. The number of benzene rings is 1. The average molecular weight is 217 g/mol. The fourth-order valence-corrected chi connectivity index (χ4v) is 2.08. The highest BCUT2D eigenvalue weighted by Crippen LogP contribution is 2.34. The lowest BCUT2D eigenvalue weighted by Crippen LogP contribution is -2.29. The first-order chi connectivity index (χ1) is 7.54. The molecule has 0 aromatic heterocycles. The van der Waals surface area contributed by atoms with Crippen molar-refractivity contribution in [1.82, 2.24) is 5.32 Å². The molecule has 2 rings (SSSR count). The second kappa shape index (κ2) is 4.58. The maximum atomic E-state index is 3.67. The average Bonchev–Trinajstić information content (AvgIpc) is 2.94. The van der Waals surface area contributed by atoms with Crippen molar-refractivity contribution in [3.05, 3.63) is 35.9 Å². The van der Waals surface area contributed by atoms with E-state index in [0.717, 1.165) is 18.5 Å². The summed E-state index contributed by atoms with van der Waals surface area (Å²) in [7, 11) is 0. The van der Waals surface area contributed by atoms with Crippen LogP contribution in [0.1, 0.15) is 32.8 Å². The molecule has 0 aliphatic heterocycles. The van der Waals surface area contributed by atoms with Crippen LogP contribution in [0.2, 0.25) is 0 Å². The minimum absolute atomic E-state index is 0.403. The summed E-state index contributed by atoms with van der Waals surface area (Å²) >= 11 is 0. The van der Waals surface area contributed by atoms with Gasteiger partial charge in [-0.1, -0.05) is 51.1 Å². The molecule has 0 radical (unpaired) electrons. The first kappa shape index (κ1) is 11.7. The molecule has 0 saturated heterocycles. The van der Waals surface area contributed by atoms with Gasteiger partial charge >= 0.3 is 0 Å². The van der Waals surface area contributed by atoms with Crippen LogP contribution in [0.5, 0.6) is 0 Å². The second-order valence-electron chi connectivity index (χ2n) is 6.23. The van der Waals surface area contributed by atoms with E-state index in [2.05, 4.69) is 56.4 Å². The molecular weight excluding hydrogens is 194 g/mol. The number of hydrogen-bond acceptors (Lipinski definition) is 1. The van der Waals surface area contributed by atoms with Crippen LogP contribution < -0.4 is 5.32 Å². The summed E-state index contributed by atoms with van der Waals surface area (Å²) in [5, 5.41) is 3.67. The highest BCUT2D eigenvalue weighted by atomic mass is 15.0. The summed E-state index contributed by atoms with van der Waals surface area (Å²) in [6.45, 7) is 7.99. The zero-order valence-corrected chi connectivity index (χ0v) is 10.7. The first-order valence-corrected chi connectivity index (χ1v) is 6.32. The number of nitrogens with one attached hydrogen (secondary N) is 1. The molecular formula is C15H23N. The molecule has 1 heteroatoms. The molecule has 1 aromatic carbocycles. The van der Waals surface area contributed by atoms with Gasteiger partial charge in [0.05, 0.1) is 0 Å². The second-order valence-corrected chi connectivity index (χ2v) is 6.23. The van der Waals surface area contributed by atoms with Crippen LogP contribution in [-0.2, 0) is 6.42 Å². The van der Waals surface area contributed by atoms with Gasteiger partial charge < -0.3 is 5.32 Å². The Morgan fingerprint density at radius 2 is 1.88 bits per heavy atom. The van der Waals surface area contributed by atoms with Gasteiger partial charge in [0.1, 0.15) is 0 Å². The van der Waals surface area contributed by atoms with Gasteiger partial charge in [-0.05, 0) is 29.7 Å². The zero-order chi connectivity index (χ0) is 11.6. The molecule has 1 fully saturated rings. The summed E-state index contributed by atoms with van der Waals surface area (Å²) in [6.07, 6.45) is 2.59. The third-order valence-electron chi connectivity index (χ3n) is 3.16. The van der Waals surface area contributed by atoms with Gasteiger partial charge in [-0.2, -0.15) is 0 Å². The minimum atomic E-state index is 0.403. The Morgan fingerprint density at radius 3 is 2.50 bits per heavy atom. The Hall–Kier alpha value is -0.820. The standard InChI is InChI=1S/C15H23N/c1-15(2,3)11-16-14-10-13(14)9-12-7-5-4-6-8-12/h4-8,13-14,16H,9-11H2,1-3H3. The van der Waals surface area contributed by atoms with Gasteiger partial charge in [0, 0.05) is 12.6 Å². The van der Waals surface area contributed by atoms with E-state index in [1.807, 2.05) is 0 Å². The fraction of sp³-hybridized carbons (Fsp3) is 0.600. The molecule has 1 aliphatic carbocycles. The predicted molar refractivity (Wildman–Crippen MR) is 69.5 cm³/mol. The van der Waals surface area contributed by atoms with E-state index in [9.17, 15) is 0 Å². The van der Waals surface area contributed by atoms with Crippen molar-refractivity contribution in [2.45, 2.75) is 39.7 Å². The topological polar surface area (TPSA) is 12.0 Å². The molecule has 0 bridgehead atoms. The van der Waals surface area contributed by atoms with E-state index in [1.165, 1.54) is 18.4 Å². The van der Waals surface area contributed by atoms with Crippen molar-refractivity contribution in [1.29, 1.82) is 0 Å². The van der Waals surface area contributed by atoms with Gasteiger partial charge in [-0.25, -0.2) is 0 Å². The van der Waals surface area contributed by atoms with Gasteiger partial charge in [-0.3, -0.25) is 0 Å². The smallest absolute Gasteiger partial charge is 0.0103 e. The summed E-state index contributed by atoms with van der Waals surface area (Å²) < 4.78 is 0. The molecule has 16 heavy (non-hydrogen) atoms. The van der Waals surface area contributed by atoms with Crippen LogP contribution in [0.3, 0.4) is 0 Å². The lowest BCUT2D eigenvalue weighted by molar-refractivity contribution is 0.374. The summed E-state index contributed by atoms with van der Waals surface area (Å²) in [6, 6.07) is 11.6. The predicted octanol–water partition coefficient (Wildman–Crippen LogP) is 3.25.